The Morgan fingerprint density at radius 1 is 1.08 bits per heavy atom. The smallest absolute Gasteiger partial charge is 0.242 e. The van der Waals surface area contributed by atoms with Crippen molar-refractivity contribution in [3.8, 4) is 5.69 Å². The summed E-state index contributed by atoms with van der Waals surface area (Å²) in [6.07, 6.45) is 0. The number of rotatable bonds is 5. The van der Waals surface area contributed by atoms with Gasteiger partial charge in [-0.05, 0) is 58.0 Å². The number of nitrogens with zero attached hydrogens (tertiary/aromatic N) is 2. The van der Waals surface area contributed by atoms with Crippen LogP contribution in [0, 0.1) is 6.92 Å². The lowest BCUT2D eigenvalue weighted by atomic mass is 10.2. The van der Waals surface area contributed by atoms with E-state index in [0.29, 0.717) is 0 Å². The maximum absolute atomic E-state index is 12.1. The zero-order valence-electron chi connectivity index (χ0n) is 15.1. The maximum atomic E-state index is 12.1. The van der Waals surface area contributed by atoms with Gasteiger partial charge in [0.05, 0.1) is 11.0 Å². The molecule has 0 aliphatic heterocycles. The van der Waals surface area contributed by atoms with Gasteiger partial charge in [-0.25, -0.2) is 4.98 Å². The fourth-order valence-corrected chi connectivity index (χ4v) is 2.92. The average molecular weight is 336 g/mol. The molecule has 1 unspecified atom stereocenters. The van der Waals surface area contributed by atoms with Crippen molar-refractivity contribution in [1.82, 2.24) is 14.9 Å². The third kappa shape index (κ3) is 3.65. The van der Waals surface area contributed by atoms with Crippen LogP contribution >= 0.6 is 0 Å². The molecule has 0 bridgehead atoms. The largest absolute Gasteiger partial charge is 0.374 e. The van der Waals surface area contributed by atoms with E-state index in [1.165, 1.54) is 0 Å². The number of imidazole rings is 1. The molecule has 2 N–H and O–H groups in total. The first-order chi connectivity index (χ1) is 12.0. The molecule has 0 aliphatic carbocycles. The molecule has 5 heteroatoms. The molecule has 0 spiro atoms. The zero-order valence-corrected chi connectivity index (χ0v) is 15.1. The molecule has 130 valence electrons. The van der Waals surface area contributed by atoms with Gasteiger partial charge in [-0.2, -0.15) is 0 Å². The number of anilines is 1. The molecule has 25 heavy (non-hydrogen) atoms. The topological polar surface area (TPSA) is 59.0 Å². The lowest BCUT2D eigenvalue weighted by Gasteiger charge is -2.17. The third-order valence-corrected chi connectivity index (χ3v) is 4.04. The van der Waals surface area contributed by atoms with Gasteiger partial charge >= 0.3 is 0 Å². The quantitative estimate of drug-likeness (QED) is 0.747. The molecular formula is C20H24N4O. The summed E-state index contributed by atoms with van der Waals surface area (Å²) < 4.78 is 2.13. The highest BCUT2D eigenvalue weighted by Gasteiger charge is 2.15. The van der Waals surface area contributed by atoms with Gasteiger partial charge in [-0.15, -0.1) is 0 Å². The van der Waals surface area contributed by atoms with Gasteiger partial charge in [0.2, 0.25) is 5.91 Å². The molecule has 1 amide bonds. The molecule has 0 aliphatic rings. The predicted molar refractivity (Wildman–Crippen MR) is 102 cm³/mol. The molecule has 3 rings (SSSR count). The highest BCUT2D eigenvalue weighted by atomic mass is 16.2. The Morgan fingerprint density at radius 3 is 2.48 bits per heavy atom. The Hall–Kier alpha value is -2.82. The minimum atomic E-state index is -0.308. The number of hydrogen-bond donors (Lipinski definition) is 2. The molecule has 1 heterocycles. The Kier molecular flexibility index (Phi) is 4.74. The van der Waals surface area contributed by atoms with E-state index >= 15 is 0 Å². The first kappa shape index (κ1) is 17.0. The van der Waals surface area contributed by atoms with E-state index < -0.39 is 0 Å². The highest BCUT2D eigenvalue weighted by molar-refractivity contribution is 5.86. The normalized spacial score (nSPS) is 12.4. The number of hydrogen-bond acceptors (Lipinski definition) is 3. The minimum Gasteiger partial charge on any atom is -0.374 e. The number of carbonyl (C=O) groups is 1. The number of fused-ring (bicyclic) bond motifs is 1. The van der Waals surface area contributed by atoms with Gasteiger partial charge in [-0.3, -0.25) is 9.36 Å². The summed E-state index contributed by atoms with van der Waals surface area (Å²) in [5.74, 6) is 0.921. The van der Waals surface area contributed by atoms with Crippen molar-refractivity contribution in [1.29, 1.82) is 0 Å². The molecule has 1 atom stereocenters. The van der Waals surface area contributed by atoms with Gasteiger partial charge in [0.1, 0.15) is 11.9 Å². The van der Waals surface area contributed by atoms with Gasteiger partial charge in [0, 0.05) is 17.4 Å². The molecule has 0 fully saturated rings. The fourth-order valence-electron chi connectivity index (χ4n) is 2.92. The van der Waals surface area contributed by atoms with Crippen molar-refractivity contribution in [3.05, 3.63) is 54.4 Å². The molecule has 0 saturated carbocycles. The van der Waals surface area contributed by atoms with Gasteiger partial charge < -0.3 is 10.6 Å². The number of para-hydroxylation sites is 1. The van der Waals surface area contributed by atoms with Crippen LogP contribution in [0.2, 0.25) is 0 Å². The average Bonchev–Trinajstić information content (AvgIpc) is 2.90. The van der Waals surface area contributed by atoms with Crippen LogP contribution in [-0.2, 0) is 4.79 Å². The minimum absolute atomic E-state index is 0.0129. The second kappa shape index (κ2) is 6.97. The molecule has 0 radical (unpaired) electrons. The number of nitrogens with one attached hydrogen (secondary N) is 2. The summed E-state index contributed by atoms with van der Waals surface area (Å²) in [5.41, 5.74) is 3.93. The van der Waals surface area contributed by atoms with Crippen molar-refractivity contribution in [2.24, 2.45) is 0 Å². The van der Waals surface area contributed by atoms with E-state index in [9.17, 15) is 4.79 Å². The number of aryl methyl sites for hydroxylation is 1. The SMILES string of the molecule is Cc1nc2cc(NC(C)C(=O)NC(C)C)ccc2n1-c1ccccc1. The second-order valence-electron chi connectivity index (χ2n) is 6.56. The molecular weight excluding hydrogens is 312 g/mol. The zero-order chi connectivity index (χ0) is 18.0. The predicted octanol–water partition coefficient (Wildman–Crippen LogP) is 3.66. The second-order valence-corrected chi connectivity index (χ2v) is 6.56. The Labute approximate surface area is 148 Å². The van der Waals surface area contributed by atoms with Crippen molar-refractivity contribution in [3.63, 3.8) is 0 Å². The van der Waals surface area contributed by atoms with Crippen LogP contribution in [0.15, 0.2) is 48.5 Å². The number of aromatic nitrogens is 2. The van der Waals surface area contributed by atoms with Crippen LogP contribution in [0.1, 0.15) is 26.6 Å². The number of benzene rings is 2. The molecule has 5 nitrogen and oxygen atoms in total. The van der Waals surface area contributed by atoms with Crippen LogP contribution in [0.25, 0.3) is 16.7 Å². The van der Waals surface area contributed by atoms with E-state index in [4.69, 9.17) is 0 Å². The summed E-state index contributed by atoms with van der Waals surface area (Å²) in [6.45, 7) is 7.76. The maximum Gasteiger partial charge on any atom is 0.242 e. The standard InChI is InChI=1S/C20H24N4O/c1-13(2)21-20(25)14(3)22-16-10-11-19-18(12-16)23-15(4)24(19)17-8-6-5-7-9-17/h5-14,22H,1-4H3,(H,21,25). The van der Waals surface area contributed by atoms with Crippen LogP contribution in [0.5, 0.6) is 0 Å². The number of carbonyl (C=O) groups excluding carboxylic acids is 1. The van der Waals surface area contributed by atoms with Crippen molar-refractivity contribution >= 4 is 22.6 Å². The Balaban J connectivity index is 1.88. The molecule has 3 aromatic rings. The first-order valence-corrected chi connectivity index (χ1v) is 8.57. The third-order valence-electron chi connectivity index (χ3n) is 4.04. The molecule has 1 aromatic heterocycles. The van der Waals surface area contributed by atoms with Gasteiger partial charge in [0.25, 0.3) is 0 Å². The Bertz CT molecular complexity index is 883. The van der Waals surface area contributed by atoms with Crippen LogP contribution in [-0.4, -0.2) is 27.5 Å². The monoisotopic (exact) mass is 336 g/mol. The van der Waals surface area contributed by atoms with E-state index in [2.05, 4.69) is 32.3 Å². The summed E-state index contributed by atoms with van der Waals surface area (Å²) >= 11 is 0. The first-order valence-electron chi connectivity index (χ1n) is 8.57. The van der Waals surface area contributed by atoms with E-state index in [1.54, 1.807) is 0 Å². The van der Waals surface area contributed by atoms with Crippen LogP contribution in [0.3, 0.4) is 0 Å². The molecule has 0 saturated heterocycles. The molecule has 2 aromatic carbocycles. The lowest BCUT2D eigenvalue weighted by Crippen LogP contribution is -2.40. The fraction of sp³-hybridized carbons (Fsp3) is 0.300. The summed E-state index contributed by atoms with van der Waals surface area (Å²) in [5, 5.41) is 6.16. The Morgan fingerprint density at radius 2 is 1.80 bits per heavy atom. The summed E-state index contributed by atoms with van der Waals surface area (Å²) in [7, 11) is 0. The van der Waals surface area contributed by atoms with E-state index in [0.717, 1.165) is 28.2 Å². The summed E-state index contributed by atoms with van der Waals surface area (Å²) in [6, 6.07) is 16.0. The number of amides is 1. The van der Waals surface area contributed by atoms with Crippen molar-refractivity contribution in [2.75, 3.05) is 5.32 Å². The van der Waals surface area contributed by atoms with Crippen LogP contribution in [0.4, 0.5) is 5.69 Å². The summed E-state index contributed by atoms with van der Waals surface area (Å²) in [4.78, 5) is 16.7. The highest BCUT2D eigenvalue weighted by Crippen LogP contribution is 2.24. The van der Waals surface area contributed by atoms with Crippen LogP contribution < -0.4 is 10.6 Å². The van der Waals surface area contributed by atoms with E-state index in [1.807, 2.05) is 64.1 Å². The van der Waals surface area contributed by atoms with E-state index in [-0.39, 0.29) is 18.0 Å². The van der Waals surface area contributed by atoms with Gasteiger partial charge in [-0.1, -0.05) is 18.2 Å². The van der Waals surface area contributed by atoms with Crippen molar-refractivity contribution in [2.45, 2.75) is 39.8 Å². The van der Waals surface area contributed by atoms with Gasteiger partial charge in [0.15, 0.2) is 0 Å². The van der Waals surface area contributed by atoms with Crippen molar-refractivity contribution < 1.29 is 4.79 Å². The lowest BCUT2D eigenvalue weighted by molar-refractivity contribution is -0.122.